The normalized spacial score (nSPS) is 8.69. The molecule has 0 aliphatic carbocycles. The predicted octanol–water partition coefficient (Wildman–Crippen LogP) is 0.336. The number of pyridine rings is 1. The largest absolute Gasteiger partial charge is 0.495 e. The van der Waals surface area contributed by atoms with Crippen molar-refractivity contribution in [3.8, 4) is 5.75 Å². The zero-order valence-corrected chi connectivity index (χ0v) is 9.65. The molecule has 0 unspecified atom stereocenters. The van der Waals surface area contributed by atoms with E-state index in [2.05, 4.69) is 4.98 Å². The van der Waals surface area contributed by atoms with Gasteiger partial charge in [-0.1, -0.05) is 0 Å². The van der Waals surface area contributed by atoms with E-state index in [0.717, 1.165) is 0 Å². The summed E-state index contributed by atoms with van der Waals surface area (Å²) < 4.78 is 4.92. The predicted molar refractivity (Wildman–Crippen MR) is 47.9 cm³/mol. The molecular formula is C8H9NNaO3. The monoisotopic (exact) mass is 190 g/mol. The maximum absolute atomic E-state index is 10.3. The summed E-state index contributed by atoms with van der Waals surface area (Å²) in [6.07, 6.45) is 1.44. The van der Waals surface area contributed by atoms with E-state index in [0.29, 0.717) is 11.4 Å². The fourth-order valence-electron chi connectivity index (χ4n) is 0.885. The second-order valence-corrected chi connectivity index (χ2v) is 2.22. The first-order chi connectivity index (χ1) is 5.74. The Bertz CT molecular complexity index is 290. The van der Waals surface area contributed by atoms with Crippen LogP contribution in [0.25, 0.3) is 0 Å². The molecule has 13 heavy (non-hydrogen) atoms. The molecule has 0 aliphatic rings. The third kappa shape index (κ3) is 3.76. The number of carboxylic acid groups (broad SMARTS) is 1. The molecule has 1 radical (unpaired) electrons. The van der Waals surface area contributed by atoms with E-state index in [9.17, 15) is 4.79 Å². The van der Waals surface area contributed by atoms with Crippen LogP contribution in [0, 0.1) is 0 Å². The fraction of sp³-hybridized carbons (Fsp3) is 0.250. The molecule has 0 saturated heterocycles. The number of methoxy groups -OCH3 is 1. The Morgan fingerprint density at radius 3 is 2.92 bits per heavy atom. The number of rotatable bonds is 3. The molecule has 1 rings (SSSR count). The second-order valence-electron chi connectivity index (χ2n) is 2.22. The van der Waals surface area contributed by atoms with Crippen molar-refractivity contribution in [3.63, 3.8) is 0 Å². The molecule has 0 saturated carbocycles. The summed E-state index contributed by atoms with van der Waals surface area (Å²) in [5.74, 6) is -0.396. The molecule has 0 amide bonds. The third-order valence-electron chi connectivity index (χ3n) is 1.39. The van der Waals surface area contributed by atoms with E-state index in [1.165, 1.54) is 7.11 Å². The van der Waals surface area contributed by atoms with Crippen LogP contribution >= 0.6 is 0 Å². The first kappa shape index (κ1) is 12.4. The van der Waals surface area contributed by atoms with Gasteiger partial charge >= 0.3 is 5.97 Å². The van der Waals surface area contributed by atoms with Gasteiger partial charge in [-0.3, -0.25) is 9.78 Å². The summed E-state index contributed by atoms with van der Waals surface area (Å²) in [4.78, 5) is 14.2. The van der Waals surface area contributed by atoms with Crippen LogP contribution < -0.4 is 4.74 Å². The fourth-order valence-corrected chi connectivity index (χ4v) is 0.885. The summed E-state index contributed by atoms with van der Waals surface area (Å²) in [5.41, 5.74) is 0.451. The number of hydrogen-bond acceptors (Lipinski definition) is 3. The molecule has 1 heterocycles. The van der Waals surface area contributed by atoms with E-state index in [1.54, 1.807) is 18.3 Å². The molecule has 1 N–H and O–H groups in total. The van der Waals surface area contributed by atoms with Crippen molar-refractivity contribution in [1.29, 1.82) is 0 Å². The number of ether oxygens (including phenoxy) is 1. The van der Waals surface area contributed by atoms with Gasteiger partial charge in [-0.15, -0.1) is 0 Å². The van der Waals surface area contributed by atoms with E-state index in [-0.39, 0.29) is 36.0 Å². The van der Waals surface area contributed by atoms with Crippen molar-refractivity contribution >= 4 is 35.5 Å². The van der Waals surface area contributed by atoms with Gasteiger partial charge in [0.05, 0.1) is 19.2 Å². The number of carboxylic acids is 1. The maximum Gasteiger partial charge on any atom is 0.309 e. The van der Waals surface area contributed by atoms with Crippen molar-refractivity contribution in [2.45, 2.75) is 6.42 Å². The summed E-state index contributed by atoms with van der Waals surface area (Å²) in [7, 11) is 1.49. The number of aliphatic carboxylic acids is 1. The minimum absolute atomic E-state index is 0. The van der Waals surface area contributed by atoms with Gasteiger partial charge in [0.15, 0.2) is 0 Å². The molecule has 0 bridgehead atoms. The Labute approximate surface area is 98.2 Å². The van der Waals surface area contributed by atoms with E-state index >= 15 is 0 Å². The van der Waals surface area contributed by atoms with Gasteiger partial charge in [-0.2, -0.15) is 0 Å². The van der Waals surface area contributed by atoms with Crippen LogP contribution in [0.4, 0.5) is 0 Å². The van der Waals surface area contributed by atoms with Crippen LogP contribution in [0.15, 0.2) is 18.3 Å². The quantitative estimate of drug-likeness (QED) is 0.698. The molecule has 5 heteroatoms. The minimum Gasteiger partial charge on any atom is -0.495 e. The zero-order chi connectivity index (χ0) is 8.97. The summed E-state index contributed by atoms with van der Waals surface area (Å²) >= 11 is 0. The molecule has 4 nitrogen and oxygen atoms in total. The van der Waals surface area contributed by atoms with Crippen LogP contribution in [0.1, 0.15) is 5.69 Å². The van der Waals surface area contributed by atoms with Crippen LogP contribution in [-0.4, -0.2) is 52.7 Å². The van der Waals surface area contributed by atoms with Crippen molar-refractivity contribution in [3.05, 3.63) is 24.0 Å². The van der Waals surface area contributed by atoms with Gasteiger partial charge in [0.2, 0.25) is 0 Å². The Morgan fingerprint density at radius 2 is 2.38 bits per heavy atom. The van der Waals surface area contributed by atoms with Crippen LogP contribution in [0.5, 0.6) is 5.75 Å². The smallest absolute Gasteiger partial charge is 0.309 e. The standard InChI is InChI=1S/C8H9NO3.Na/c1-12-7-3-2-4-9-6(7)5-8(10)11;/h2-4H,5H2,1H3,(H,10,11);. The first-order valence-corrected chi connectivity index (χ1v) is 3.43. The average Bonchev–Trinajstić information content (AvgIpc) is 2.04. The van der Waals surface area contributed by atoms with Crippen LogP contribution in [-0.2, 0) is 11.2 Å². The molecule has 65 valence electrons. The van der Waals surface area contributed by atoms with E-state index in [1.807, 2.05) is 0 Å². The van der Waals surface area contributed by atoms with Gasteiger partial charge in [-0.05, 0) is 12.1 Å². The molecule has 0 aromatic carbocycles. The number of hydrogen-bond donors (Lipinski definition) is 1. The van der Waals surface area contributed by atoms with Crippen molar-refractivity contribution < 1.29 is 14.6 Å². The molecule has 0 atom stereocenters. The molecule has 1 aromatic rings. The molecule has 0 fully saturated rings. The summed E-state index contributed by atoms with van der Waals surface area (Å²) in [5, 5.41) is 8.49. The SMILES string of the molecule is COc1cccnc1CC(=O)O.[Na]. The van der Waals surface area contributed by atoms with Crippen LogP contribution in [0.2, 0.25) is 0 Å². The molecule has 0 aliphatic heterocycles. The van der Waals surface area contributed by atoms with Crippen molar-refractivity contribution in [2.75, 3.05) is 7.11 Å². The van der Waals surface area contributed by atoms with Crippen molar-refractivity contribution in [2.24, 2.45) is 0 Å². The Balaban J connectivity index is 0.00000144. The second kappa shape index (κ2) is 5.96. The van der Waals surface area contributed by atoms with E-state index in [4.69, 9.17) is 9.84 Å². The number of carbonyl (C=O) groups is 1. The Kier molecular flexibility index (Phi) is 5.70. The van der Waals surface area contributed by atoms with Gasteiger partial charge in [-0.25, -0.2) is 0 Å². The van der Waals surface area contributed by atoms with Gasteiger partial charge < -0.3 is 9.84 Å². The van der Waals surface area contributed by atoms with Gasteiger partial charge in [0.25, 0.3) is 0 Å². The topological polar surface area (TPSA) is 59.4 Å². The zero-order valence-electron chi connectivity index (χ0n) is 7.65. The van der Waals surface area contributed by atoms with Crippen molar-refractivity contribution in [1.82, 2.24) is 4.98 Å². The molecule has 0 spiro atoms. The Hall–Kier alpha value is -0.580. The third-order valence-corrected chi connectivity index (χ3v) is 1.39. The minimum atomic E-state index is -0.910. The van der Waals surface area contributed by atoms with Gasteiger partial charge in [0, 0.05) is 35.8 Å². The Morgan fingerprint density at radius 1 is 1.69 bits per heavy atom. The van der Waals surface area contributed by atoms with E-state index < -0.39 is 5.97 Å². The maximum atomic E-state index is 10.3. The summed E-state index contributed by atoms with van der Waals surface area (Å²) in [6.45, 7) is 0. The average molecular weight is 190 g/mol. The van der Waals surface area contributed by atoms with Gasteiger partial charge in [0.1, 0.15) is 5.75 Å². The first-order valence-electron chi connectivity index (χ1n) is 3.43. The van der Waals surface area contributed by atoms with Crippen LogP contribution in [0.3, 0.4) is 0 Å². The number of nitrogens with zero attached hydrogens (tertiary/aromatic N) is 1. The molecular weight excluding hydrogens is 181 g/mol. The molecule has 1 aromatic heterocycles. The number of aromatic nitrogens is 1. The summed E-state index contributed by atoms with van der Waals surface area (Å²) in [6, 6.07) is 3.38.